The SMILES string of the molecule is CC(CC1CC1)NC(=O)c1cc(I)ccc1Br. The first-order chi connectivity index (χ1) is 8.06. The molecule has 1 aliphatic rings. The highest BCUT2D eigenvalue weighted by Gasteiger charge is 2.24. The summed E-state index contributed by atoms with van der Waals surface area (Å²) in [6.07, 6.45) is 3.76. The van der Waals surface area contributed by atoms with Crippen LogP contribution in [0, 0.1) is 9.49 Å². The first-order valence-electron chi connectivity index (χ1n) is 5.82. The molecule has 1 fully saturated rings. The van der Waals surface area contributed by atoms with Gasteiger partial charge in [-0.25, -0.2) is 0 Å². The first-order valence-corrected chi connectivity index (χ1v) is 7.69. The molecule has 1 unspecified atom stereocenters. The van der Waals surface area contributed by atoms with Crippen molar-refractivity contribution in [3.05, 3.63) is 31.8 Å². The summed E-state index contributed by atoms with van der Waals surface area (Å²) < 4.78 is 1.93. The summed E-state index contributed by atoms with van der Waals surface area (Å²) >= 11 is 5.64. The molecule has 2 nitrogen and oxygen atoms in total. The summed E-state index contributed by atoms with van der Waals surface area (Å²) in [5.74, 6) is 0.855. The Bertz CT molecular complexity index is 431. The lowest BCUT2D eigenvalue weighted by molar-refractivity contribution is 0.0936. The highest BCUT2D eigenvalue weighted by molar-refractivity contribution is 14.1. The molecule has 0 bridgehead atoms. The van der Waals surface area contributed by atoms with Crippen LogP contribution >= 0.6 is 38.5 Å². The molecule has 0 aliphatic heterocycles. The Morgan fingerprint density at radius 3 is 2.94 bits per heavy atom. The normalized spacial score (nSPS) is 16.6. The fourth-order valence-corrected chi connectivity index (χ4v) is 2.80. The maximum Gasteiger partial charge on any atom is 0.252 e. The van der Waals surface area contributed by atoms with Crippen LogP contribution < -0.4 is 5.32 Å². The fraction of sp³-hybridized carbons (Fsp3) is 0.462. The van der Waals surface area contributed by atoms with E-state index in [-0.39, 0.29) is 11.9 Å². The van der Waals surface area contributed by atoms with Gasteiger partial charge in [0.05, 0.1) is 5.56 Å². The van der Waals surface area contributed by atoms with E-state index in [4.69, 9.17) is 0 Å². The Morgan fingerprint density at radius 1 is 1.59 bits per heavy atom. The third-order valence-electron chi connectivity index (χ3n) is 2.93. The molecule has 92 valence electrons. The first kappa shape index (κ1) is 13.3. The minimum absolute atomic E-state index is 0.0172. The van der Waals surface area contributed by atoms with E-state index in [1.165, 1.54) is 12.8 Å². The maximum absolute atomic E-state index is 12.1. The predicted octanol–water partition coefficient (Wildman–Crippen LogP) is 3.97. The van der Waals surface area contributed by atoms with Crippen LogP contribution in [-0.2, 0) is 0 Å². The lowest BCUT2D eigenvalue weighted by Crippen LogP contribution is -2.33. The van der Waals surface area contributed by atoms with Crippen LogP contribution in [0.2, 0.25) is 0 Å². The zero-order valence-corrected chi connectivity index (χ0v) is 13.4. The van der Waals surface area contributed by atoms with Crippen molar-refractivity contribution in [2.24, 2.45) is 5.92 Å². The Kier molecular flexibility index (Phi) is 4.47. The molecule has 4 heteroatoms. The molecule has 17 heavy (non-hydrogen) atoms. The van der Waals surface area contributed by atoms with Gasteiger partial charge < -0.3 is 5.32 Å². The van der Waals surface area contributed by atoms with Crippen molar-refractivity contribution in [3.63, 3.8) is 0 Å². The second-order valence-corrected chi connectivity index (χ2v) is 6.78. The highest BCUT2D eigenvalue weighted by atomic mass is 127. The summed E-state index contributed by atoms with van der Waals surface area (Å²) in [4.78, 5) is 12.1. The predicted molar refractivity (Wildman–Crippen MR) is 81.1 cm³/mol. The molecule has 2 rings (SSSR count). The Hall–Kier alpha value is -0.100. The Morgan fingerprint density at radius 2 is 2.29 bits per heavy atom. The lowest BCUT2D eigenvalue weighted by Gasteiger charge is -2.14. The maximum atomic E-state index is 12.1. The third-order valence-corrected chi connectivity index (χ3v) is 4.30. The van der Waals surface area contributed by atoms with E-state index in [1.807, 2.05) is 18.2 Å². The van der Waals surface area contributed by atoms with Crippen LogP contribution in [0.1, 0.15) is 36.5 Å². The summed E-state index contributed by atoms with van der Waals surface area (Å²) in [6.45, 7) is 2.08. The van der Waals surface area contributed by atoms with Crippen LogP contribution in [0.25, 0.3) is 0 Å². The van der Waals surface area contributed by atoms with Crippen LogP contribution in [0.5, 0.6) is 0 Å². The van der Waals surface area contributed by atoms with Gasteiger partial charge in [0.2, 0.25) is 0 Å². The van der Waals surface area contributed by atoms with Crippen molar-refractivity contribution >= 4 is 44.4 Å². The van der Waals surface area contributed by atoms with Crippen molar-refractivity contribution < 1.29 is 4.79 Å². The van der Waals surface area contributed by atoms with Crippen molar-refractivity contribution in [2.45, 2.75) is 32.2 Å². The van der Waals surface area contributed by atoms with E-state index in [2.05, 4.69) is 50.8 Å². The van der Waals surface area contributed by atoms with E-state index < -0.39 is 0 Å². The Labute approximate surface area is 124 Å². The number of rotatable bonds is 4. The Balaban J connectivity index is 2.00. The molecule has 0 saturated heterocycles. The topological polar surface area (TPSA) is 29.1 Å². The largest absolute Gasteiger partial charge is 0.350 e. The van der Waals surface area contributed by atoms with E-state index in [1.54, 1.807) is 0 Å². The van der Waals surface area contributed by atoms with Crippen molar-refractivity contribution in [2.75, 3.05) is 0 Å². The van der Waals surface area contributed by atoms with Gasteiger partial charge in [-0.2, -0.15) is 0 Å². The molecule has 1 saturated carbocycles. The van der Waals surface area contributed by atoms with E-state index in [0.717, 1.165) is 25.9 Å². The highest BCUT2D eigenvalue weighted by Crippen LogP contribution is 2.33. The van der Waals surface area contributed by atoms with E-state index in [0.29, 0.717) is 0 Å². The zero-order valence-electron chi connectivity index (χ0n) is 9.67. The van der Waals surface area contributed by atoms with Crippen LogP contribution in [0.15, 0.2) is 22.7 Å². The number of hydrogen-bond donors (Lipinski definition) is 1. The molecule has 1 aliphatic carbocycles. The summed E-state index contributed by atoms with van der Waals surface area (Å²) in [5.41, 5.74) is 0.722. The van der Waals surface area contributed by atoms with Crippen LogP contribution in [0.4, 0.5) is 0 Å². The summed E-state index contributed by atoms with van der Waals surface area (Å²) in [5, 5.41) is 3.06. The van der Waals surface area contributed by atoms with E-state index >= 15 is 0 Å². The molecular weight excluding hydrogens is 393 g/mol. The van der Waals surface area contributed by atoms with Crippen molar-refractivity contribution in [1.29, 1.82) is 0 Å². The number of carbonyl (C=O) groups excluding carboxylic acids is 1. The number of nitrogens with one attached hydrogen (secondary N) is 1. The van der Waals surface area contributed by atoms with Crippen LogP contribution in [0.3, 0.4) is 0 Å². The number of amides is 1. The second kappa shape index (κ2) is 5.69. The van der Waals surface area contributed by atoms with Gasteiger partial charge in [-0.3, -0.25) is 4.79 Å². The summed E-state index contributed by atoms with van der Waals surface area (Å²) in [6, 6.07) is 6.07. The quantitative estimate of drug-likeness (QED) is 0.751. The number of carbonyl (C=O) groups is 1. The van der Waals surface area contributed by atoms with Crippen molar-refractivity contribution in [3.8, 4) is 0 Å². The van der Waals surface area contributed by atoms with Crippen molar-refractivity contribution in [1.82, 2.24) is 5.32 Å². The van der Waals surface area contributed by atoms with Gasteiger partial charge in [0.15, 0.2) is 0 Å². The van der Waals surface area contributed by atoms with Gasteiger partial charge in [0.25, 0.3) is 5.91 Å². The van der Waals surface area contributed by atoms with Gasteiger partial charge >= 0.3 is 0 Å². The smallest absolute Gasteiger partial charge is 0.252 e. The molecule has 0 aromatic heterocycles. The molecule has 0 heterocycles. The molecule has 1 aromatic carbocycles. The van der Waals surface area contributed by atoms with Crippen LogP contribution in [-0.4, -0.2) is 11.9 Å². The summed E-state index contributed by atoms with van der Waals surface area (Å²) in [7, 11) is 0. The standard InChI is InChI=1S/C13H15BrINO/c1-8(6-9-2-3-9)16-13(17)11-7-10(15)4-5-12(11)14/h4-5,7-9H,2-3,6H2,1H3,(H,16,17). The van der Waals surface area contributed by atoms with Gasteiger partial charge in [0, 0.05) is 14.1 Å². The molecule has 1 atom stereocenters. The second-order valence-electron chi connectivity index (χ2n) is 4.68. The molecule has 0 spiro atoms. The van der Waals surface area contributed by atoms with Gasteiger partial charge in [-0.15, -0.1) is 0 Å². The molecular formula is C13H15BrINO. The average Bonchev–Trinajstić information content (AvgIpc) is 3.05. The molecule has 1 amide bonds. The van der Waals surface area contributed by atoms with E-state index in [9.17, 15) is 4.79 Å². The molecule has 0 radical (unpaired) electrons. The fourth-order valence-electron chi connectivity index (χ4n) is 1.89. The minimum atomic E-state index is 0.0172. The monoisotopic (exact) mass is 407 g/mol. The molecule has 1 aromatic rings. The average molecular weight is 408 g/mol. The van der Waals surface area contributed by atoms with Gasteiger partial charge in [-0.05, 0) is 76.0 Å². The number of benzene rings is 1. The molecule has 1 N–H and O–H groups in total. The zero-order chi connectivity index (χ0) is 12.4. The number of hydrogen-bond acceptors (Lipinski definition) is 1. The minimum Gasteiger partial charge on any atom is -0.350 e. The van der Waals surface area contributed by atoms with Gasteiger partial charge in [-0.1, -0.05) is 12.8 Å². The lowest BCUT2D eigenvalue weighted by atomic mass is 10.1. The number of halogens is 2. The third kappa shape index (κ3) is 3.95. The van der Waals surface area contributed by atoms with Gasteiger partial charge in [0.1, 0.15) is 0 Å².